The van der Waals surface area contributed by atoms with Crippen LogP contribution in [0.25, 0.3) is 0 Å². The fourth-order valence-corrected chi connectivity index (χ4v) is 1.40. The smallest absolute Gasteiger partial charge is 0.163 e. The summed E-state index contributed by atoms with van der Waals surface area (Å²) in [5.41, 5.74) is 6.57. The van der Waals surface area contributed by atoms with Gasteiger partial charge in [0.15, 0.2) is 5.78 Å². The van der Waals surface area contributed by atoms with Crippen molar-refractivity contribution in [3.8, 4) is 6.07 Å². The minimum atomic E-state index is -0.199. The summed E-state index contributed by atoms with van der Waals surface area (Å²) >= 11 is 3.19. The second kappa shape index (κ2) is 3.58. The molecule has 0 aromatic heterocycles. The normalized spacial score (nSPS) is 9.31. The molecule has 0 fully saturated rings. The van der Waals surface area contributed by atoms with Crippen LogP contribution in [0.3, 0.4) is 0 Å². The van der Waals surface area contributed by atoms with Crippen LogP contribution in [0.1, 0.15) is 22.8 Å². The molecule has 4 heteroatoms. The van der Waals surface area contributed by atoms with Gasteiger partial charge < -0.3 is 5.73 Å². The molecule has 0 radical (unpaired) electrons. The zero-order chi connectivity index (χ0) is 10.0. The topological polar surface area (TPSA) is 66.9 Å². The van der Waals surface area contributed by atoms with Gasteiger partial charge in [-0.1, -0.05) is 0 Å². The number of halogens is 1. The molecule has 1 rings (SSSR count). The maximum Gasteiger partial charge on any atom is 0.163 e. The van der Waals surface area contributed by atoms with Crippen molar-refractivity contribution >= 4 is 27.4 Å². The average molecular weight is 239 g/mol. The SMILES string of the molecule is CC(=O)c1c(C#N)ccc(Br)c1N. The van der Waals surface area contributed by atoms with E-state index in [-0.39, 0.29) is 11.3 Å². The summed E-state index contributed by atoms with van der Waals surface area (Å²) in [5.74, 6) is -0.199. The Morgan fingerprint density at radius 3 is 2.69 bits per heavy atom. The predicted octanol–water partition coefficient (Wildman–Crippen LogP) is 2.11. The van der Waals surface area contributed by atoms with Gasteiger partial charge in [0.05, 0.1) is 22.9 Å². The highest BCUT2D eigenvalue weighted by atomic mass is 79.9. The van der Waals surface area contributed by atoms with Crippen LogP contribution >= 0.6 is 15.9 Å². The molecular weight excluding hydrogens is 232 g/mol. The van der Waals surface area contributed by atoms with Gasteiger partial charge in [-0.3, -0.25) is 4.79 Å². The van der Waals surface area contributed by atoms with Crippen molar-refractivity contribution in [2.45, 2.75) is 6.92 Å². The van der Waals surface area contributed by atoms with Gasteiger partial charge in [-0.15, -0.1) is 0 Å². The number of rotatable bonds is 1. The molecule has 0 spiro atoms. The molecule has 0 aliphatic heterocycles. The molecule has 0 saturated heterocycles. The average Bonchev–Trinajstić information content (AvgIpc) is 2.08. The molecule has 3 nitrogen and oxygen atoms in total. The summed E-state index contributed by atoms with van der Waals surface area (Å²) in [7, 11) is 0. The second-order valence-corrected chi connectivity index (χ2v) is 3.41. The van der Waals surface area contributed by atoms with Gasteiger partial charge in [-0.2, -0.15) is 5.26 Å². The molecule has 0 aliphatic carbocycles. The Labute approximate surface area is 84.3 Å². The molecule has 0 aliphatic rings. The van der Waals surface area contributed by atoms with Crippen LogP contribution in [0.5, 0.6) is 0 Å². The lowest BCUT2D eigenvalue weighted by Crippen LogP contribution is -2.03. The van der Waals surface area contributed by atoms with Crippen molar-refractivity contribution in [1.82, 2.24) is 0 Å². The Kier molecular flexibility index (Phi) is 2.69. The van der Waals surface area contributed by atoms with E-state index in [1.807, 2.05) is 6.07 Å². The number of nitrogens with two attached hydrogens (primary N) is 1. The predicted molar refractivity (Wildman–Crippen MR) is 53.3 cm³/mol. The molecule has 0 saturated carbocycles. The molecule has 1 aromatic carbocycles. The maximum absolute atomic E-state index is 11.1. The van der Waals surface area contributed by atoms with Crippen LogP contribution in [0.2, 0.25) is 0 Å². The number of Topliss-reactive ketones (excluding diaryl/α,β-unsaturated/α-hetero) is 1. The number of nitrogen functional groups attached to an aromatic ring is 1. The fourth-order valence-electron chi connectivity index (χ4n) is 1.07. The fraction of sp³-hybridized carbons (Fsp3) is 0.111. The van der Waals surface area contributed by atoms with E-state index in [0.717, 1.165) is 0 Å². The molecule has 13 heavy (non-hydrogen) atoms. The standard InChI is InChI=1S/C9H7BrN2O/c1-5(13)8-6(4-11)2-3-7(10)9(8)12/h2-3H,12H2,1H3. The van der Waals surface area contributed by atoms with E-state index >= 15 is 0 Å². The molecule has 2 N–H and O–H groups in total. The van der Waals surface area contributed by atoms with E-state index in [1.165, 1.54) is 6.92 Å². The molecule has 66 valence electrons. The first-order valence-electron chi connectivity index (χ1n) is 3.57. The second-order valence-electron chi connectivity index (χ2n) is 2.55. The highest BCUT2D eigenvalue weighted by Gasteiger charge is 2.12. The van der Waals surface area contributed by atoms with Gasteiger partial charge in [-0.05, 0) is 35.0 Å². The Hall–Kier alpha value is -1.34. The summed E-state index contributed by atoms with van der Waals surface area (Å²) in [6.07, 6.45) is 0. The van der Waals surface area contributed by atoms with Gasteiger partial charge in [0.2, 0.25) is 0 Å². The minimum Gasteiger partial charge on any atom is -0.397 e. The third kappa shape index (κ3) is 1.70. The number of nitriles is 1. The van der Waals surface area contributed by atoms with Crippen molar-refractivity contribution in [2.24, 2.45) is 0 Å². The lowest BCUT2D eigenvalue weighted by Gasteiger charge is -2.05. The lowest BCUT2D eigenvalue weighted by atomic mass is 10.0. The Bertz CT molecular complexity index is 407. The molecule has 0 unspecified atom stereocenters. The van der Waals surface area contributed by atoms with E-state index in [0.29, 0.717) is 15.7 Å². The highest BCUT2D eigenvalue weighted by Crippen LogP contribution is 2.26. The maximum atomic E-state index is 11.1. The van der Waals surface area contributed by atoms with Crippen molar-refractivity contribution in [3.63, 3.8) is 0 Å². The molecule has 0 bridgehead atoms. The van der Waals surface area contributed by atoms with E-state index in [2.05, 4.69) is 15.9 Å². The van der Waals surface area contributed by atoms with Crippen molar-refractivity contribution in [1.29, 1.82) is 5.26 Å². The third-order valence-corrected chi connectivity index (χ3v) is 2.36. The van der Waals surface area contributed by atoms with E-state index in [1.54, 1.807) is 12.1 Å². The monoisotopic (exact) mass is 238 g/mol. The lowest BCUT2D eigenvalue weighted by molar-refractivity contribution is 0.101. The Morgan fingerprint density at radius 1 is 1.62 bits per heavy atom. The zero-order valence-electron chi connectivity index (χ0n) is 6.97. The van der Waals surface area contributed by atoms with Crippen LogP contribution in [0.15, 0.2) is 16.6 Å². The van der Waals surface area contributed by atoms with Crippen LogP contribution in [-0.4, -0.2) is 5.78 Å². The van der Waals surface area contributed by atoms with Gasteiger partial charge in [0.25, 0.3) is 0 Å². The number of hydrogen-bond donors (Lipinski definition) is 1. The number of carbonyl (C=O) groups is 1. The number of carbonyl (C=O) groups excluding carboxylic acids is 1. The minimum absolute atomic E-state index is 0.199. The van der Waals surface area contributed by atoms with Crippen LogP contribution in [0.4, 0.5) is 5.69 Å². The van der Waals surface area contributed by atoms with Crippen LogP contribution in [-0.2, 0) is 0 Å². The number of nitrogens with zero attached hydrogens (tertiary/aromatic N) is 1. The van der Waals surface area contributed by atoms with Gasteiger partial charge in [-0.25, -0.2) is 0 Å². The van der Waals surface area contributed by atoms with Gasteiger partial charge in [0, 0.05) is 4.47 Å². The van der Waals surface area contributed by atoms with Crippen LogP contribution in [0, 0.1) is 11.3 Å². The van der Waals surface area contributed by atoms with Crippen LogP contribution < -0.4 is 5.73 Å². The summed E-state index contributed by atoms with van der Waals surface area (Å²) in [4.78, 5) is 11.1. The first-order chi connectivity index (χ1) is 6.07. The van der Waals surface area contributed by atoms with E-state index < -0.39 is 0 Å². The summed E-state index contributed by atoms with van der Waals surface area (Å²) < 4.78 is 0.636. The number of ketones is 1. The highest BCUT2D eigenvalue weighted by molar-refractivity contribution is 9.10. The molecule has 1 aromatic rings. The first kappa shape index (κ1) is 9.75. The first-order valence-corrected chi connectivity index (χ1v) is 4.36. The Balaban J connectivity index is 3.53. The van der Waals surface area contributed by atoms with Crippen molar-refractivity contribution in [2.75, 3.05) is 5.73 Å². The summed E-state index contributed by atoms with van der Waals surface area (Å²) in [5, 5.41) is 8.71. The third-order valence-electron chi connectivity index (χ3n) is 1.66. The molecule has 0 heterocycles. The number of benzene rings is 1. The van der Waals surface area contributed by atoms with Crippen molar-refractivity contribution < 1.29 is 4.79 Å². The molecule has 0 atom stereocenters. The molecule has 0 amide bonds. The number of hydrogen-bond acceptors (Lipinski definition) is 3. The number of anilines is 1. The summed E-state index contributed by atoms with van der Waals surface area (Å²) in [6, 6.07) is 5.14. The van der Waals surface area contributed by atoms with Crippen molar-refractivity contribution in [3.05, 3.63) is 27.7 Å². The van der Waals surface area contributed by atoms with E-state index in [9.17, 15) is 4.79 Å². The summed E-state index contributed by atoms with van der Waals surface area (Å²) in [6.45, 7) is 1.39. The largest absolute Gasteiger partial charge is 0.397 e. The zero-order valence-corrected chi connectivity index (χ0v) is 8.55. The van der Waals surface area contributed by atoms with Gasteiger partial charge in [0.1, 0.15) is 0 Å². The molecular formula is C9H7BrN2O. The quantitative estimate of drug-likeness (QED) is 0.602. The Morgan fingerprint density at radius 2 is 2.23 bits per heavy atom. The van der Waals surface area contributed by atoms with Gasteiger partial charge >= 0.3 is 0 Å². The van der Waals surface area contributed by atoms with E-state index in [4.69, 9.17) is 11.0 Å².